The molecule has 6 heteroatoms. The first-order valence-electron chi connectivity index (χ1n) is 6.91. The number of aromatic nitrogens is 2. The molecule has 0 fully saturated rings. The van der Waals surface area contributed by atoms with Crippen molar-refractivity contribution in [3.05, 3.63) is 41.2 Å². The van der Waals surface area contributed by atoms with Gasteiger partial charge in [-0.15, -0.1) is 0 Å². The van der Waals surface area contributed by atoms with Crippen molar-refractivity contribution >= 4 is 29.1 Å². The van der Waals surface area contributed by atoms with Crippen molar-refractivity contribution < 1.29 is 4.79 Å². The van der Waals surface area contributed by atoms with Crippen molar-refractivity contribution in [1.82, 2.24) is 9.55 Å². The Morgan fingerprint density at radius 1 is 1.43 bits per heavy atom. The lowest BCUT2D eigenvalue weighted by molar-refractivity contribution is -0.117. The number of nitrogens with one attached hydrogen (secondary N) is 1. The fourth-order valence-electron chi connectivity index (χ4n) is 2.52. The number of hydrogen-bond donors (Lipinski definition) is 1. The van der Waals surface area contributed by atoms with Gasteiger partial charge in [-0.2, -0.15) is 0 Å². The van der Waals surface area contributed by atoms with Crippen LogP contribution in [0.4, 0.5) is 11.6 Å². The van der Waals surface area contributed by atoms with E-state index in [1.165, 1.54) is 0 Å². The van der Waals surface area contributed by atoms with E-state index in [1.807, 2.05) is 37.1 Å². The molecule has 1 aromatic carbocycles. The van der Waals surface area contributed by atoms with Crippen molar-refractivity contribution in [3.8, 4) is 0 Å². The summed E-state index contributed by atoms with van der Waals surface area (Å²) in [6.07, 6.45) is 3.69. The van der Waals surface area contributed by atoms with Gasteiger partial charge in [0.15, 0.2) is 0 Å². The molecular formula is C15H17ClN4O. The Hall–Kier alpha value is -2.01. The van der Waals surface area contributed by atoms with E-state index < -0.39 is 0 Å². The minimum atomic E-state index is -0.285. The van der Waals surface area contributed by atoms with Crippen LogP contribution in [0.2, 0.25) is 5.02 Å². The Bertz CT molecular complexity index is 682. The highest BCUT2D eigenvalue weighted by atomic mass is 35.5. The lowest BCUT2D eigenvalue weighted by Crippen LogP contribution is -2.41. The van der Waals surface area contributed by atoms with E-state index in [2.05, 4.69) is 14.9 Å². The highest BCUT2D eigenvalue weighted by Crippen LogP contribution is 2.23. The van der Waals surface area contributed by atoms with Gasteiger partial charge in [0, 0.05) is 36.2 Å². The molecule has 3 rings (SSSR count). The molecule has 0 radical (unpaired) electrons. The van der Waals surface area contributed by atoms with Gasteiger partial charge in [0.25, 0.3) is 0 Å². The smallest absolute Gasteiger partial charge is 0.246 e. The van der Waals surface area contributed by atoms with Crippen LogP contribution in [0.5, 0.6) is 0 Å². The Kier molecular flexibility index (Phi) is 3.59. The number of amides is 1. The van der Waals surface area contributed by atoms with Crippen molar-refractivity contribution in [2.45, 2.75) is 26.4 Å². The van der Waals surface area contributed by atoms with E-state index in [1.54, 1.807) is 12.3 Å². The van der Waals surface area contributed by atoms with Crippen LogP contribution in [0, 0.1) is 6.92 Å². The lowest BCUT2D eigenvalue weighted by atomic mass is 10.2. The summed E-state index contributed by atoms with van der Waals surface area (Å²) in [5, 5.41) is 3.56. The van der Waals surface area contributed by atoms with Gasteiger partial charge in [-0.25, -0.2) is 4.98 Å². The van der Waals surface area contributed by atoms with E-state index in [-0.39, 0.29) is 11.9 Å². The molecule has 0 spiro atoms. The third-order valence-corrected chi connectivity index (χ3v) is 4.07. The molecule has 1 atom stereocenters. The number of aryl methyl sites for hydroxylation is 1. The van der Waals surface area contributed by atoms with E-state index in [0.29, 0.717) is 5.02 Å². The average Bonchev–Trinajstić information content (AvgIpc) is 3.04. The van der Waals surface area contributed by atoms with Gasteiger partial charge in [-0.3, -0.25) is 4.79 Å². The lowest BCUT2D eigenvalue weighted by Gasteiger charge is -2.24. The number of carbonyl (C=O) groups excluding carboxylic acids is 1. The number of nitrogens with zero attached hydrogens (tertiary/aromatic N) is 3. The summed E-state index contributed by atoms with van der Waals surface area (Å²) in [6.45, 7) is 5.49. The van der Waals surface area contributed by atoms with Gasteiger partial charge in [-0.05, 0) is 31.5 Å². The molecule has 0 saturated carbocycles. The van der Waals surface area contributed by atoms with Gasteiger partial charge in [-0.1, -0.05) is 17.7 Å². The Labute approximate surface area is 128 Å². The number of hydrogen-bond acceptors (Lipinski definition) is 3. The molecule has 1 aliphatic rings. The van der Waals surface area contributed by atoms with E-state index in [0.717, 1.165) is 30.3 Å². The summed E-state index contributed by atoms with van der Waals surface area (Å²) < 4.78 is 2.05. The fourth-order valence-corrected chi connectivity index (χ4v) is 2.70. The molecule has 1 N–H and O–H groups in total. The maximum atomic E-state index is 12.5. The van der Waals surface area contributed by atoms with Crippen molar-refractivity contribution in [2.75, 3.05) is 16.8 Å². The van der Waals surface area contributed by atoms with Gasteiger partial charge in [0.1, 0.15) is 6.04 Å². The predicted octanol–water partition coefficient (Wildman–Crippen LogP) is 2.69. The van der Waals surface area contributed by atoms with Crippen molar-refractivity contribution in [2.24, 2.45) is 0 Å². The molecule has 0 saturated heterocycles. The topological polar surface area (TPSA) is 50.2 Å². The van der Waals surface area contributed by atoms with Crippen LogP contribution < -0.4 is 10.2 Å². The molecule has 110 valence electrons. The van der Waals surface area contributed by atoms with Gasteiger partial charge in [0.05, 0.1) is 0 Å². The monoisotopic (exact) mass is 304 g/mol. The first kappa shape index (κ1) is 13.9. The number of imidazole rings is 1. The highest BCUT2D eigenvalue weighted by Gasteiger charge is 2.28. The first-order chi connectivity index (χ1) is 10.1. The number of benzene rings is 1. The second-order valence-electron chi connectivity index (χ2n) is 5.24. The number of rotatable bonds is 3. The van der Waals surface area contributed by atoms with Crippen LogP contribution in [0.1, 0.15) is 12.5 Å². The van der Waals surface area contributed by atoms with E-state index in [9.17, 15) is 4.79 Å². The predicted molar refractivity (Wildman–Crippen MR) is 83.9 cm³/mol. The van der Waals surface area contributed by atoms with E-state index >= 15 is 0 Å². The van der Waals surface area contributed by atoms with Crippen LogP contribution in [0.15, 0.2) is 30.6 Å². The van der Waals surface area contributed by atoms with Crippen molar-refractivity contribution in [3.63, 3.8) is 0 Å². The summed E-state index contributed by atoms with van der Waals surface area (Å²) in [7, 11) is 0. The van der Waals surface area contributed by atoms with Crippen molar-refractivity contribution in [1.29, 1.82) is 0 Å². The maximum Gasteiger partial charge on any atom is 0.246 e. The zero-order chi connectivity index (χ0) is 15.0. The average molecular weight is 305 g/mol. The van der Waals surface area contributed by atoms with Crippen LogP contribution in [-0.4, -0.2) is 28.0 Å². The molecule has 0 bridgehead atoms. The van der Waals surface area contributed by atoms with Gasteiger partial charge >= 0.3 is 0 Å². The standard InChI is InChI=1S/C15H17ClN4O/c1-10-3-4-12(16)9-13(10)18-14(21)11(2)20-8-7-19-6-5-17-15(19)20/h3-6,9,11H,7-8H2,1-2H3,(H,18,21). The fraction of sp³-hybridized carbons (Fsp3) is 0.333. The molecule has 1 aliphatic heterocycles. The maximum absolute atomic E-state index is 12.5. The molecular weight excluding hydrogens is 288 g/mol. The minimum Gasteiger partial charge on any atom is -0.329 e. The van der Waals surface area contributed by atoms with Crippen LogP contribution in [0.25, 0.3) is 0 Å². The molecule has 1 unspecified atom stereocenters. The minimum absolute atomic E-state index is 0.0585. The second kappa shape index (κ2) is 5.41. The molecule has 2 aromatic rings. The Balaban J connectivity index is 1.75. The first-order valence-corrected chi connectivity index (χ1v) is 7.29. The third kappa shape index (κ3) is 2.61. The normalized spacial score (nSPS) is 14.9. The Morgan fingerprint density at radius 3 is 3.05 bits per heavy atom. The quantitative estimate of drug-likeness (QED) is 0.948. The summed E-state index contributed by atoms with van der Waals surface area (Å²) in [5.41, 5.74) is 1.74. The highest BCUT2D eigenvalue weighted by molar-refractivity contribution is 6.31. The van der Waals surface area contributed by atoms with Gasteiger partial charge < -0.3 is 14.8 Å². The number of carbonyl (C=O) groups is 1. The van der Waals surface area contributed by atoms with E-state index in [4.69, 9.17) is 11.6 Å². The summed E-state index contributed by atoms with van der Waals surface area (Å²) in [6, 6.07) is 5.19. The second-order valence-corrected chi connectivity index (χ2v) is 5.67. The Morgan fingerprint density at radius 2 is 2.24 bits per heavy atom. The molecule has 5 nitrogen and oxygen atoms in total. The molecule has 0 aliphatic carbocycles. The van der Waals surface area contributed by atoms with Gasteiger partial charge in [0.2, 0.25) is 11.9 Å². The van der Waals surface area contributed by atoms with Crippen LogP contribution in [0.3, 0.4) is 0 Å². The van der Waals surface area contributed by atoms with Crippen LogP contribution in [-0.2, 0) is 11.3 Å². The molecule has 1 amide bonds. The zero-order valence-electron chi connectivity index (χ0n) is 12.0. The summed E-state index contributed by atoms with van der Waals surface area (Å²) in [4.78, 5) is 18.8. The number of anilines is 2. The summed E-state index contributed by atoms with van der Waals surface area (Å²) in [5.74, 6) is 0.789. The number of halogens is 1. The summed E-state index contributed by atoms with van der Waals surface area (Å²) >= 11 is 5.98. The molecule has 1 aromatic heterocycles. The molecule has 2 heterocycles. The largest absolute Gasteiger partial charge is 0.329 e. The number of fused-ring (bicyclic) bond motifs is 1. The third-order valence-electron chi connectivity index (χ3n) is 3.84. The SMILES string of the molecule is Cc1ccc(Cl)cc1NC(=O)C(C)N1CCn2ccnc21. The zero-order valence-corrected chi connectivity index (χ0v) is 12.8. The van der Waals surface area contributed by atoms with Crippen LogP contribution >= 0.6 is 11.6 Å². The molecule has 21 heavy (non-hydrogen) atoms.